The second kappa shape index (κ2) is 5.64. The molecule has 0 spiro atoms. The van der Waals surface area contributed by atoms with Crippen molar-refractivity contribution in [2.24, 2.45) is 11.8 Å². The number of nitrogens with one attached hydrogen (secondary N) is 1. The van der Waals surface area contributed by atoms with E-state index in [1.165, 1.54) is 19.3 Å². The van der Waals surface area contributed by atoms with Gasteiger partial charge in [-0.2, -0.15) is 12.6 Å². The number of rotatable bonds is 3. The van der Waals surface area contributed by atoms with Crippen molar-refractivity contribution < 1.29 is 4.79 Å². The van der Waals surface area contributed by atoms with Crippen LogP contribution in [0.1, 0.15) is 39.5 Å². The molecule has 1 aliphatic rings. The van der Waals surface area contributed by atoms with Gasteiger partial charge in [0.2, 0.25) is 5.91 Å². The average Bonchev–Trinajstić information content (AvgIpc) is 2.18. The molecule has 0 aromatic carbocycles. The van der Waals surface area contributed by atoms with Gasteiger partial charge in [-0.1, -0.05) is 26.7 Å². The molecule has 1 N–H and O–H groups in total. The van der Waals surface area contributed by atoms with Gasteiger partial charge in [-0.05, 0) is 24.7 Å². The minimum Gasteiger partial charge on any atom is -0.352 e. The predicted octanol–water partition coefficient (Wildman–Crippen LogP) is 2.25. The highest BCUT2D eigenvalue weighted by Gasteiger charge is 2.28. The van der Waals surface area contributed by atoms with Gasteiger partial charge in [-0.3, -0.25) is 4.79 Å². The molecule has 1 aliphatic carbocycles. The first kappa shape index (κ1) is 11.9. The van der Waals surface area contributed by atoms with E-state index in [0.29, 0.717) is 23.6 Å². The van der Waals surface area contributed by atoms with Crippen molar-refractivity contribution in [3.05, 3.63) is 0 Å². The van der Waals surface area contributed by atoms with E-state index in [1.807, 2.05) is 0 Å². The van der Waals surface area contributed by atoms with Gasteiger partial charge in [0.05, 0.1) is 5.75 Å². The highest BCUT2D eigenvalue weighted by Crippen LogP contribution is 2.30. The topological polar surface area (TPSA) is 29.1 Å². The summed E-state index contributed by atoms with van der Waals surface area (Å²) >= 11 is 3.98. The first-order valence-corrected chi connectivity index (χ1v) is 6.18. The molecule has 0 aliphatic heterocycles. The van der Waals surface area contributed by atoms with Crippen LogP contribution in [0.2, 0.25) is 0 Å². The zero-order chi connectivity index (χ0) is 10.6. The van der Waals surface area contributed by atoms with Gasteiger partial charge in [-0.15, -0.1) is 0 Å². The third-order valence-electron chi connectivity index (χ3n) is 3.17. The van der Waals surface area contributed by atoms with E-state index in [9.17, 15) is 4.79 Å². The van der Waals surface area contributed by atoms with Crippen molar-refractivity contribution in [1.82, 2.24) is 5.32 Å². The summed E-state index contributed by atoms with van der Waals surface area (Å²) in [6.45, 7) is 4.49. The molecule has 1 amide bonds. The lowest BCUT2D eigenvalue weighted by Gasteiger charge is -2.34. The molecule has 1 fully saturated rings. The Morgan fingerprint density at radius 2 is 2.07 bits per heavy atom. The Kier molecular flexibility index (Phi) is 4.79. The lowest BCUT2D eigenvalue weighted by Crippen LogP contribution is -2.44. The molecule has 14 heavy (non-hydrogen) atoms. The van der Waals surface area contributed by atoms with E-state index in [4.69, 9.17) is 0 Å². The van der Waals surface area contributed by atoms with Crippen molar-refractivity contribution in [2.75, 3.05) is 5.75 Å². The largest absolute Gasteiger partial charge is 0.352 e. The number of hydrogen-bond donors (Lipinski definition) is 2. The van der Waals surface area contributed by atoms with E-state index in [-0.39, 0.29) is 5.91 Å². The molecular weight excluding hydrogens is 194 g/mol. The summed E-state index contributed by atoms with van der Waals surface area (Å²) in [7, 11) is 0. The zero-order valence-corrected chi connectivity index (χ0v) is 10.0. The molecule has 0 aromatic heterocycles. The van der Waals surface area contributed by atoms with Crippen LogP contribution in [0.4, 0.5) is 0 Å². The highest BCUT2D eigenvalue weighted by atomic mass is 32.1. The van der Waals surface area contributed by atoms with Crippen molar-refractivity contribution in [3.8, 4) is 0 Å². The fourth-order valence-corrected chi connectivity index (χ4v) is 2.48. The maximum Gasteiger partial charge on any atom is 0.229 e. The maximum atomic E-state index is 11.3. The lowest BCUT2D eigenvalue weighted by atomic mass is 9.78. The number of thiol groups is 1. The van der Waals surface area contributed by atoms with E-state index >= 15 is 0 Å². The van der Waals surface area contributed by atoms with E-state index in [2.05, 4.69) is 31.8 Å². The molecule has 2 nitrogen and oxygen atoms in total. The molecule has 0 bridgehead atoms. The predicted molar refractivity (Wildman–Crippen MR) is 62.6 cm³/mol. The van der Waals surface area contributed by atoms with E-state index in [1.54, 1.807) is 0 Å². The standard InChI is InChI=1S/C11H21NOS/c1-8(2)9-5-3-4-6-10(9)12-11(13)7-14/h8-10,14H,3-7H2,1-2H3,(H,12,13). The fraction of sp³-hybridized carbons (Fsp3) is 0.909. The van der Waals surface area contributed by atoms with E-state index in [0.717, 1.165) is 6.42 Å². The number of carbonyl (C=O) groups is 1. The summed E-state index contributed by atoms with van der Waals surface area (Å²) in [5, 5.41) is 3.08. The first-order valence-electron chi connectivity index (χ1n) is 5.55. The third kappa shape index (κ3) is 3.19. The second-order valence-corrected chi connectivity index (χ2v) is 4.84. The lowest BCUT2D eigenvalue weighted by molar-refractivity contribution is -0.120. The summed E-state index contributed by atoms with van der Waals surface area (Å²) < 4.78 is 0. The van der Waals surface area contributed by atoms with Crippen molar-refractivity contribution in [3.63, 3.8) is 0 Å². The Balaban J connectivity index is 2.49. The van der Waals surface area contributed by atoms with Crippen LogP contribution in [0.5, 0.6) is 0 Å². The quantitative estimate of drug-likeness (QED) is 0.695. The zero-order valence-electron chi connectivity index (χ0n) is 9.12. The molecule has 2 unspecified atom stereocenters. The monoisotopic (exact) mass is 215 g/mol. The van der Waals surface area contributed by atoms with Crippen LogP contribution in [-0.2, 0) is 4.79 Å². The van der Waals surface area contributed by atoms with Crippen molar-refractivity contribution in [1.29, 1.82) is 0 Å². The van der Waals surface area contributed by atoms with Gasteiger partial charge in [-0.25, -0.2) is 0 Å². The van der Waals surface area contributed by atoms with Crippen LogP contribution in [0, 0.1) is 11.8 Å². The molecule has 0 saturated heterocycles. The van der Waals surface area contributed by atoms with Gasteiger partial charge in [0.15, 0.2) is 0 Å². The Bertz CT molecular complexity index is 194. The smallest absolute Gasteiger partial charge is 0.229 e. The molecule has 2 atom stereocenters. The number of amides is 1. The van der Waals surface area contributed by atoms with Crippen LogP contribution in [0.3, 0.4) is 0 Å². The molecule has 0 radical (unpaired) electrons. The SMILES string of the molecule is CC(C)C1CCCCC1NC(=O)CS. The average molecular weight is 215 g/mol. The molecule has 1 saturated carbocycles. The molecule has 0 heterocycles. The molecule has 1 rings (SSSR count). The summed E-state index contributed by atoms with van der Waals surface area (Å²) in [4.78, 5) is 11.3. The van der Waals surface area contributed by atoms with Crippen LogP contribution < -0.4 is 5.32 Å². The third-order valence-corrected chi connectivity index (χ3v) is 3.45. The fourth-order valence-electron chi connectivity index (χ4n) is 2.39. The minimum absolute atomic E-state index is 0.0749. The van der Waals surface area contributed by atoms with Crippen molar-refractivity contribution in [2.45, 2.75) is 45.6 Å². The molecular formula is C11H21NOS. The Hall–Kier alpha value is -0.180. The summed E-state index contributed by atoms with van der Waals surface area (Å²) in [6, 6.07) is 0.392. The van der Waals surface area contributed by atoms with Gasteiger partial charge in [0.25, 0.3) is 0 Å². The first-order chi connectivity index (χ1) is 6.65. The van der Waals surface area contributed by atoms with Crippen LogP contribution in [-0.4, -0.2) is 17.7 Å². The normalized spacial score (nSPS) is 27.7. The van der Waals surface area contributed by atoms with Gasteiger partial charge >= 0.3 is 0 Å². The van der Waals surface area contributed by atoms with Crippen LogP contribution in [0.25, 0.3) is 0 Å². The number of carbonyl (C=O) groups excluding carboxylic acids is 1. The Morgan fingerprint density at radius 3 is 2.64 bits per heavy atom. The molecule has 82 valence electrons. The Morgan fingerprint density at radius 1 is 1.43 bits per heavy atom. The molecule has 3 heteroatoms. The van der Waals surface area contributed by atoms with Crippen LogP contribution >= 0.6 is 12.6 Å². The summed E-state index contributed by atoms with van der Waals surface area (Å²) in [5.74, 6) is 1.71. The number of hydrogen-bond acceptors (Lipinski definition) is 2. The maximum absolute atomic E-state index is 11.3. The Labute approximate surface area is 92.2 Å². The summed E-state index contributed by atoms with van der Waals surface area (Å²) in [6.07, 6.45) is 4.97. The highest BCUT2D eigenvalue weighted by molar-refractivity contribution is 7.81. The van der Waals surface area contributed by atoms with E-state index < -0.39 is 0 Å². The van der Waals surface area contributed by atoms with Gasteiger partial charge in [0, 0.05) is 6.04 Å². The minimum atomic E-state index is 0.0749. The van der Waals surface area contributed by atoms with Crippen LogP contribution in [0.15, 0.2) is 0 Å². The molecule has 0 aromatic rings. The van der Waals surface area contributed by atoms with Gasteiger partial charge in [0.1, 0.15) is 0 Å². The summed E-state index contributed by atoms with van der Waals surface area (Å²) in [5.41, 5.74) is 0. The van der Waals surface area contributed by atoms with Gasteiger partial charge < -0.3 is 5.32 Å². The second-order valence-electron chi connectivity index (χ2n) is 4.52. The van der Waals surface area contributed by atoms with Crippen molar-refractivity contribution >= 4 is 18.5 Å².